The zero-order valence-corrected chi connectivity index (χ0v) is 8.96. The summed E-state index contributed by atoms with van der Waals surface area (Å²) in [6.07, 6.45) is 0. The Bertz CT molecular complexity index is 318. The molecule has 0 saturated heterocycles. The Balaban J connectivity index is 2.59. The van der Waals surface area contributed by atoms with Crippen molar-refractivity contribution in [2.75, 3.05) is 7.05 Å². The lowest BCUT2D eigenvalue weighted by Crippen LogP contribution is -2.43. The third-order valence-electron chi connectivity index (χ3n) is 1.99. The summed E-state index contributed by atoms with van der Waals surface area (Å²) in [6, 6.07) is 1.97. The molecule has 1 heterocycles. The van der Waals surface area contributed by atoms with E-state index in [0.29, 0.717) is 5.69 Å². The van der Waals surface area contributed by atoms with Crippen molar-refractivity contribution in [3.63, 3.8) is 0 Å². The molecule has 0 aliphatic carbocycles. The summed E-state index contributed by atoms with van der Waals surface area (Å²) in [5, 5.41) is 8.33. The number of H-pyrrole nitrogens is 1. The lowest BCUT2D eigenvalue weighted by atomic mass is 10.3. The molecule has 0 atom stereocenters. The number of nitrogens with zero attached hydrogens (tertiary/aromatic N) is 2. The van der Waals surface area contributed by atoms with Crippen LogP contribution < -0.4 is 5.43 Å². The van der Waals surface area contributed by atoms with Crippen LogP contribution in [-0.2, 0) is 0 Å². The molecule has 1 aromatic heterocycles. The average Bonchev–Trinajstić information content (AvgIpc) is 2.51. The van der Waals surface area contributed by atoms with Crippen LogP contribution in [0.25, 0.3) is 0 Å². The second-order valence-corrected chi connectivity index (χ2v) is 3.58. The minimum Gasteiger partial charge on any atom is -0.283 e. The maximum atomic E-state index is 11.5. The average molecular weight is 196 g/mol. The van der Waals surface area contributed by atoms with Crippen molar-refractivity contribution in [1.29, 1.82) is 0 Å². The first-order valence-corrected chi connectivity index (χ1v) is 4.56. The van der Waals surface area contributed by atoms with Crippen LogP contribution in [0.5, 0.6) is 0 Å². The van der Waals surface area contributed by atoms with Gasteiger partial charge < -0.3 is 0 Å². The molecule has 1 amide bonds. The van der Waals surface area contributed by atoms with Crippen LogP contribution in [0.15, 0.2) is 6.07 Å². The normalized spacial score (nSPS) is 11.0. The number of aryl methyl sites for hydroxylation is 1. The summed E-state index contributed by atoms with van der Waals surface area (Å²) in [6.45, 7) is 5.85. The van der Waals surface area contributed by atoms with E-state index in [2.05, 4.69) is 15.6 Å². The van der Waals surface area contributed by atoms with Gasteiger partial charge >= 0.3 is 0 Å². The zero-order chi connectivity index (χ0) is 10.7. The van der Waals surface area contributed by atoms with Crippen molar-refractivity contribution in [2.24, 2.45) is 0 Å². The summed E-state index contributed by atoms with van der Waals surface area (Å²) >= 11 is 0. The Labute approximate surface area is 83.5 Å². The molecule has 0 unspecified atom stereocenters. The molecule has 2 N–H and O–H groups in total. The van der Waals surface area contributed by atoms with Crippen molar-refractivity contribution in [2.45, 2.75) is 26.8 Å². The molecule has 5 nitrogen and oxygen atoms in total. The first kappa shape index (κ1) is 10.7. The minimum atomic E-state index is -0.189. The predicted molar refractivity (Wildman–Crippen MR) is 53.7 cm³/mol. The van der Waals surface area contributed by atoms with Crippen LogP contribution in [0.1, 0.15) is 30.0 Å². The molecular weight excluding hydrogens is 180 g/mol. The quantitative estimate of drug-likeness (QED) is 0.700. The van der Waals surface area contributed by atoms with E-state index < -0.39 is 0 Å². The van der Waals surface area contributed by atoms with E-state index in [1.165, 1.54) is 0 Å². The fourth-order valence-corrected chi connectivity index (χ4v) is 0.881. The van der Waals surface area contributed by atoms with Crippen LogP contribution in [0, 0.1) is 6.92 Å². The van der Waals surface area contributed by atoms with Gasteiger partial charge in [-0.05, 0) is 26.8 Å². The number of rotatable bonds is 3. The molecule has 0 aliphatic heterocycles. The molecule has 5 heteroatoms. The first-order chi connectivity index (χ1) is 6.50. The van der Waals surface area contributed by atoms with E-state index in [-0.39, 0.29) is 11.9 Å². The molecule has 1 rings (SSSR count). The lowest BCUT2D eigenvalue weighted by Gasteiger charge is -2.21. The molecule has 0 spiro atoms. The second kappa shape index (κ2) is 4.23. The predicted octanol–water partition coefficient (Wildman–Crippen LogP) is 0.703. The van der Waals surface area contributed by atoms with Gasteiger partial charge in [0.05, 0.1) is 0 Å². The van der Waals surface area contributed by atoms with Gasteiger partial charge in [-0.3, -0.25) is 15.3 Å². The van der Waals surface area contributed by atoms with Crippen LogP contribution in [-0.4, -0.2) is 34.2 Å². The zero-order valence-electron chi connectivity index (χ0n) is 8.96. The van der Waals surface area contributed by atoms with E-state index >= 15 is 0 Å². The van der Waals surface area contributed by atoms with Gasteiger partial charge in [0.1, 0.15) is 0 Å². The van der Waals surface area contributed by atoms with Crippen molar-refractivity contribution in [3.05, 3.63) is 17.5 Å². The highest BCUT2D eigenvalue weighted by atomic mass is 16.2. The van der Waals surface area contributed by atoms with E-state index in [1.54, 1.807) is 11.1 Å². The minimum absolute atomic E-state index is 0.189. The fourth-order valence-electron chi connectivity index (χ4n) is 0.881. The number of aromatic amines is 1. The summed E-state index contributed by atoms with van der Waals surface area (Å²) in [5.41, 5.74) is 4.01. The number of carbonyl (C=O) groups is 1. The van der Waals surface area contributed by atoms with Gasteiger partial charge in [0.25, 0.3) is 5.91 Å². The third-order valence-corrected chi connectivity index (χ3v) is 1.99. The van der Waals surface area contributed by atoms with Gasteiger partial charge in [-0.25, -0.2) is 5.01 Å². The van der Waals surface area contributed by atoms with Gasteiger partial charge in [0, 0.05) is 18.8 Å². The molecule has 0 aliphatic rings. The number of aromatic nitrogens is 2. The Hall–Kier alpha value is -1.36. The van der Waals surface area contributed by atoms with Crippen molar-refractivity contribution in [3.8, 4) is 0 Å². The van der Waals surface area contributed by atoms with Crippen molar-refractivity contribution in [1.82, 2.24) is 20.6 Å². The number of amides is 1. The van der Waals surface area contributed by atoms with Crippen LogP contribution in [0.2, 0.25) is 0 Å². The smallest absolute Gasteiger partial charge is 0.283 e. The maximum Gasteiger partial charge on any atom is 0.286 e. The van der Waals surface area contributed by atoms with Gasteiger partial charge in [-0.2, -0.15) is 5.10 Å². The van der Waals surface area contributed by atoms with E-state index in [9.17, 15) is 4.79 Å². The van der Waals surface area contributed by atoms with Crippen molar-refractivity contribution < 1.29 is 4.79 Å². The molecule has 0 bridgehead atoms. The molecule has 0 radical (unpaired) electrons. The summed E-state index contributed by atoms with van der Waals surface area (Å²) in [4.78, 5) is 11.5. The Morgan fingerprint density at radius 2 is 2.29 bits per heavy atom. The van der Waals surface area contributed by atoms with Gasteiger partial charge in [-0.1, -0.05) is 0 Å². The Morgan fingerprint density at radius 1 is 1.64 bits per heavy atom. The summed E-state index contributed by atoms with van der Waals surface area (Å²) in [7, 11) is 1.82. The lowest BCUT2D eigenvalue weighted by molar-refractivity contribution is 0.0780. The molecular formula is C9H16N4O. The molecule has 0 aromatic carbocycles. The summed E-state index contributed by atoms with van der Waals surface area (Å²) < 4.78 is 0. The molecule has 0 saturated carbocycles. The maximum absolute atomic E-state index is 11.5. The van der Waals surface area contributed by atoms with Crippen molar-refractivity contribution >= 4 is 5.91 Å². The first-order valence-electron chi connectivity index (χ1n) is 4.56. The highest BCUT2D eigenvalue weighted by Gasteiger charge is 2.12. The standard InChI is InChI=1S/C9H16N4O/c1-6(2)13(4)12-9(14)8-5-7(3)10-11-8/h5-6H,1-4H3,(H,10,11)(H,12,14). The van der Waals surface area contributed by atoms with E-state index in [4.69, 9.17) is 0 Å². The summed E-state index contributed by atoms with van der Waals surface area (Å²) in [5.74, 6) is -0.189. The van der Waals surface area contributed by atoms with Gasteiger partial charge in [0.15, 0.2) is 5.69 Å². The SMILES string of the molecule is Cc1cc(C(=O)NN(C)C(C)C)n[nH]1. The number of hydrogen-bond donors (Lipinski definition) is 2. The Kier molecular flexibility index (Phi) is 3.24. The molecule has 14 heavy (non-hydrogen) atoms. The Morgan fingerprint density at radius 3 is 2.71 bits per heavy atom. The number of hydrazine groups is 1. The van der Waals surface area contributed by atoms with Crippen LogP contribution in [0.4, 0.5) is 0 Å². The molecule has 78 valence electrons. The largest absolute Gasteiger partial charge is 0.286 e. The monoisotopic (exact) mass is 196 g/mol. The molecule has 0 fully saturated rings. The van der Waals surface area contributed by atoms with E-state index in [0.717, 1.165) is 5.69 Å². The fraction of sp³-hybridized carbons (Fsp3) is 0.556. The third kappa shape index (κ3) is 2.56. The van der Waals surface area contributed by atoms with Crippen LogP contribution in [0.3, 0.4) is 0 Å². The number of carbonyl (C=O) groups excluding carboxylic acids is 1. The number of hydrogen-bond acceptors (Lipinski definition) is 3. The molecule has 1 aromatic rings. The number of nitrogens with one attached hydrogen (secondary N) is 2. The highest BCUT2D eigenvalue weighted by Crippen LogP contribution is 1.98. The van der Waals surface area contributed by atoms with Gasteiger partial charge in [-0.15, -0.1) is 0 Å². The topological polar surface area (TPSA) is 61.0 Å². The van der Waals surface area contributed by atoms with Crippen LogP contribution >= 0.6 is 0 Å². The highest BCUT2D eigenvalue weighted by molar-refractivity contribution is 5.91. The van der Waals surface area contributed by atoms with E-state index in [1.807, 2.05) is 27.8 Å². The van der Waals surface area contributed by atoms with Gasteiger partial charge in [0.2, 0.25) is 0 Å². The second-order valence-electron chi connectivity index (χ2n) is 3.58.